The lowest BCUT2D eigenvalue weighted by Crippen LogP contribution is -2.37. The van der Waals surface area contributed by atoms with Crippen molar-refractivity contribution in [2.45, 2.75) is 32.2 Å². The summed E-state index contributed by atoms with van der Waals surface area (Å²) < 4.78 is 5.72. The zero-order valence-corrected chi connectivity index (χ0v) is 16.4. The summed E-state index contributed by atoms with van der Waals surface area (Å²) in [5.74, 6) is -0.112. The quantitative estimate of drug-likeness (QED) is 0.520. The molecule has 29 heavy (non-hydrogen) atoms. The first-order chi connectivity index (χ1) is 14.0. The number of imidazole rings is 1. The Balaban J connectivity index is 1.66. The fraction of sp³-hybridized carbons (Fsp3) is 0.333. The van der Waals surface area contributed by atoms with Crippen molar-refractivity contribution in [2.75, 3.05) is 0 Å². The molecule has 1 aliphatic rings. The first-order valence-electron chi connectivity index (χ1n) is 9.74. The average molecular weight is 391 g/mol. The Bertz CT molecular complexity index is 1420. The van der Waals surface area contributed by atoms with Gasteiger partial charge < -0.3 is 4.57 Å². The van der Waals surface area contributed by atoms with Crippen LogP contribution in [0.2, 0.25) is 0 Å². The van der Waals surface area contributed by atoms with Crippen molar-refractivity contribution in [1.29, 1.82) is 0 Å². The SMILES string of the molecule is Cn1c(=O)c2c(ncn2CC(=O)n2c3c(c4ccccc42)CCCC3)n(C)c1=O. The predicted octanol–water partition coefficient (Wildman–Crippen LogP) is 1.61. The molecule has 1 aliphatic carbocycles. The van der Waals surface area contributed by atoms with Gasteiger partial charge in [0.2, 0.25) is 0 Å². The molecule has 5 rings (SSSR count). The second-order valence-electron chi connectivity index (χ2n) is 7.63. The number of aromatic nitrogens is 5. The zero-order chi connectivity index (χ0) is 20.3. The normalized spacial score (nSPS) is 13.9. The van der Waals surface area contributed by atoms with E-state index in [9.17, 15) is 14.4 Å². The lowest BCUT2D eigenvalue weighted by Gasteiger charge is -2.15. The van der Waals surface area contributed by atoms with Crippen molar-refractivity contribution in [1.82, 2.24) is 23.3 Å². The van der Waals surface area contributed by atoms with Crippen molar-refractivity contribution >= 4 is 28.0 Å². The van der Waals surface area contributed by atoms with E-state index in [1.807, 2.05) is 22.8 Å². The number of para-hydroxylation sites is 1. The lowest BCUT2D eigenvalue weighted by molar-refractivity contribution is 0.0894. The molecule has 0 saturated carbocycles. The molecule has 0 spiro atoms. The van der Waals surface area contributed by atoms with Crippen LogP contribution in [0.25, 0.3) is 22.1 Å². The molecule has 8 heteroatoms. The molecular weight excluding hydrogens is 370 g/mol. The topological polar surface area (TPSA) is 83.8 Å². The number of hydrogen-bond acceptors (Lipinski definition) is 4. The van der Waals surface area contributed by atoms with Crippen molar-refractivity contribution in [3.8, 4) is 0 Å². The van der Waals surface area contributed by atoms with Gasteiger partial charge in [0.1, 0.15) is 6.54 Å². The van der Waals surface area contributed by atoms with Gasteiger partial charge >= 0.3 is 5.69 Å². The summed E-state index contributed by atoms with van der Waals surface area (Å²) in [6, 6.07) is 7.98. The standard InChI is InChI=1S/C21H21N5O3/c1-23-19-18(20(28)24(2)21(23)29)25(12-22-19)11-17(27)26-15-9-5-3-7-13(15)14-8-4-6-10-16(14)26/h3,5,7,9,12H,4,6,8,10-11H2,1-2H3. The lowest BCUT2D eigenvalue weighted by atomic mass is 9.95. The van der Waals surface area contributed by atoms with Crippen LogP contribution >= 0.6 is 0 Å². The van der Waals surface area contributed by atoms with Gasteiger partial charge in [0, 0.05) is 25.2 Å². The summed E-state index contributed by atoms with van der Waals surface area (Å²) in [5, 5.41) is 1.13. The Kier molecular flexibility index (Phi) is 3.84. The summed E-state index contributed by atoms with van der Waals surface area (Å²) in [5.41, 5.74) is 2.89. The van der Waals surface area contributed by atoms with Gasteiger partial charge in [-0.05, 0) is 37.3 Å². The van der Waals surface area contributed by atoms with Crippen LogP contribution in [0.1, 0.15) is 28.9 Å². The van der Waals surface area contributed by atoms with E-state index >= 15 is 0 Å². The van der Waals surface area contributed by atoms with E-state index in [0.717, 1.165) is 46.8 Å². The molecule has 0 atom stereocenters. The molecular formula is C21H21N5O3. The van der Waals surface area contributed by atoms with Crippen molar-refractivity contribution in [2.24, 2.45) is 14.1 Å². The molecule has 0 unspecified atom stereocenters. The predicted molar refractivity (Wildman–Crippen MR) is 109 cm³/mol. The van der Waals surface area contributed by atoms with E-state index in [1.54, 1.807) is 11.6 Å². The minimum atomic E-state index is -0.451. The first kappa shape index (κ1) is 17.7. The van der Waals surface area contributed by atoms with E-state index in [-0.39, 0.29) is 23.6 Å². The minimum Gasteiger partial charge on any atom is -0.315 e. The number of hydrogen-bond donors (Lipinski definition) is 0. The number of rotatable bonds is 2. The fourth-order valence-corrected chi connectivity index (χ4v) is 4.51. The van der Waals surface area contributed by atoms with Crippen LogP contribution in [-0.4, -0.2) is 29.2 Å². The van der Waals surface area contributed by atoms with Gasteiger partial charge in [0.15, 0.2) is 11.2 Å². The molecule has 3 heterocycles. The highest BCUT2D eigenvalue weighted by Crippen LogP contribution is 2.32. The van der Waals surface area contributed by atoms with Crippen molar-refractivity contribution in [3.05, 3.63) is 62.7 Å². The van der Waals surface area contributed by atoms with Gasteiger partial charge in [-0.25, -0.2) is 9.78 Å². The first-order valence-corrected chi connectivity index (χ1v) is 9.74. The molecule has 0 fully saturated rings. The van der Waals surface area contributed by atoms with E-state index in [1.165, 1.54) is 23.5 Å². The third kappa shape index (κ3) is 2.45. The Morgan fingerprint density at radius 1 is 1.07 bits per heavy atom. The van der Waals surface area contributed by atoms with Crippen molar-refractivity contribution < 1.29 is 4.79 Å². The van der Waals surface area contributed by atoms with Gasteiger partial charge in [-0.3, -0.25) is 23.3 Å². The van der Waals surface area contributed by atoms with Gasteiger partial charge in [0.05, 0.1) is 11.8 Å². The number of carbonyl (C=O) groups excluding carboxylic acids is 1. The second kappa shape index (κ2) is 6.30. The molecule has 0 amide bonds. The second-order valence-corrected chi connectivity index (χ2v) is 7.63. The van der Waals surface area contributed by atoms with Crippen LogP contribution in [0.3, 0.4) is 0 Å². The average Bonchev–Trinajstić information content (AvgIpc) is 3.30. The highest BCUT2D eigenvalue weighted by Gasteiger charge is 2.24. The fourth-order valence-electron chi connectivity index (χ4n) is 4.51. The molecule has 0 saturated heterocycles. The Hall–Kier alpha value is -3.42. The highest BCUT2D eigenvalue weighted by atomic mass is 16.2. The van der Waals surface area contributed by atoms with Crippen LogP contribution in [0.4, 0.5) is 0 Å². The number of aryl methyl sites for hydroxylation is 2. The summed E-state index contributed by atoms with van der Waals surface area (Å²) in [4.78, 5) is 42.4. The largest absolute Gasteiger partial charge is 0.332 e. The van der Waals surface area contributed by atoms with Crippen molar-refractivity contribution in [3.63, 3.8) is 0 Å². The number of fused-ring (bicyclic) bond motifs is 4. The zero-order valence-electron chi connectivity index (χ0n) is 16.4. The summed E-state index contributed by atoms with van der Waals surface area (Å²) in [6.07, 6.45) is 5.50. The molecule has 4 aromatic rings. The van der Waals surface area contributed by atoms with Crippen LogP contribution in [0.5, 0.6) is 0 Å². The van der Waals surface area contributed by atoms with Crippen LogP contribution in [-0.2, 0) is 33.5 Å². The van der Waals surface area contributed by atoms with E-state index in [4.69, 9.17) is 0 Å². The molecule has 8 nitrogen and oxygen atoms in total. The summed E-state index contributed by atoms with van der Waals surface area (Å²) in [7, 11) is 3.00. The highest BCUT2D eigenvalue weighted by molar-refractivity contribution is 5.96. The van der Waals surface area contributed by atoms with E-state index in [2.05, 4.69) is 11.1 Å². The molecule has 0 radical (unpaired) electrons. The van der Waals surface area contributed by atoms with Gasteiger partial charge in [-0.2, -0.15) is 0 Å². The maximum absolute atomic E-state index is 13.4. The molecule has 0 N–H and O–H groups in total. The van der Waals surface area contributed by atoms with Gasteiger partial charge in [-0.15, -0.1) is 0 Å². The monoisotopic (exact) mass is 391 g/mol. The minimum absolute atomic E-state index is 0.0188. The molecule has 0 aliphatic heterocycles. The maximum atomic E-state index is 13.4. The number of carbonyl (C=O) groups is 1. The van der Waals surface area contributed by atoms with E-state index in [0.29, 0.717) is 0 Å². The molecule has 148 valence electrons. The van der Waals surface area contributed by atoms with Crippen LogP contribution in [0, 0.1) is 0 Å². The Labute approximate surface area is 165 Å². The van der Waals surface area contributed by atoms with Crippen LogP contribution in [0.15, 0.2) is 40.2 Å². The number of nitrogens with zero attached hydrogens (tertiary/aromatic N) is 5. The Morgan fingerprint density at radius 3 is 2.66 bits per heavy atom. The summed E-state index contributed by atoms with van der Waals surface area (Å²) >= 11 is 0. The molecule has 1 aromatic carbocycles. The molecule has 3 aromatic heterocycles. The van der Waals surface area contributed by atoms with Gasteiger partial charge in [-0.1, -0.05) is 18.2 Å². The third-order valence-electron chi connectivity index (χ3n) is 5.95. The molecule has 0 bridgehead atoms. The number of benzene rings is 1. The van der Waals surface area contributed by atoms with Gasteiger partial charge in [0.25, 0.3) is 11.5 Å². The summed E-state index contributed by atoms with van der Waals surface area (Å²) in [6.45, 7) is -0.0188. The third-order valence-corrected chi connectivity index (χ3v) is 5.95. The smallest absolute Gasteiger partial charge is 0.315 e. The van der Waals surface area contributed by atoms with Crippen LogP contribution < -0.4 is 11.2 Å². The van der Waals surface area contributed by atoms with E-state index < -0.39 is 11.2 Å². The Morgan fingerprint density at radius 2 is 1.83 bits per heavy atom. The maximum Gasteiger partial charge on any atom is 0.332 e.